The summed E-state index contributed by atoms with van der Waals surface area (Å²) in [5, 5.41) is 70.3. The zero-order chi connectivity index (χ0) is 35.9. The number of phenols is 2. The van der Waals surface area contributed by atoms with Gasteiger partial charge in [-0.1, -0.05) is 36.4 Å². The van der Waals surface area contributed by atoms with Gasteiger partial charge in [0.15, 0.2) is 5.70 Å². The van der Waals surface area contributed by atoms with E-state index in [9.17, 15) is 45.1 Å². The number of nitrogens with zero attached hydrogens (tertiary/aromatic N) is 6. The summed E-state index contributed by atoms with van der Waals surface area (Å²) in [4.78, 5) is 44.5. The number of rotatable bonds is 10. The van der Waals surface area contributed by atoms with Crippen LogP contribution in [0.15, 0.2) is 135 Å². The Labute approximate surface area is 293 Å². The number of carbonyl (C=O) groups excluding carboxylic acids is 2. The number of non-ortho nitro benzene ring substituents is 2. The molecule has 0 aromatic heterocycles. The first-order valence-corrected chi connectivity index (χ1v) is 13.8. The molecule has 1 radical (unpaired) electrons. The van der Waals surface area contributed by atoms with E-state index in [1.807, 2.05) is 6.07 Å². The topological polar surface area (TPSA) is 255 Å². The Hall–Kier alpha value is -6.79. The van der Waals surface area contributed by atoms with E-state index in [1.54, 1.807) is 54.6 Å². The number of nitro benzene ring substituents is 2. The van der Waals surface area contributed by atoms with E-state index < -0.39 is 33.1 Å². The van der Waals surface area contributed by atoms with Crippen molar-refractivity contribution in [3.05, 3.63) is 141 Å². The van der Waals surface area contributed by atoms with Gasteiger partial charge in [0.05, 0.1) is 9.85 Å². The Balaban J connectivity index is 0.000000340. The number of benzene rings is 4. The number of para-hydroxylation sites is 2. The number of anilines is 2. The fourth-order valence-electron chi connectivity index (χ4n) is 3.53. The summed E-state index contributed by atoms with van der Waals surface area (Å²) < 4.78 is 0. The van der Waals surface area contributed by atoms with Crippen molar-refractivity contribution in [3.8, 4) is 11.5 Å². The fourth-order valence-corrected chi connectivity index (χ4v) is 3.53. The number of phenolic OH excluding ortho intramolecular Hbond substituents is 2. The molecule has 0 aliphatic heterocycles. The number of hydrogen-bond acceptors (Lipinski definition) is 13. The van der Waals surface area contributed by atoms with Crippen LogP contribution in [0.3, 0.4) is 0 Å². The third kappa shape index (κ3) is 11.8. The average Bonchev–Trinajstić information content (AvgIpc) is 3.07. The molecule has 50 heavy (non-hydrogen) atoms. The molecule has 4 rings (SSSR count). The van der Waals surface area contributed by atoms with Crippen LogP contribution in [-0.4, -0.2) is 37.0 Å². The molecule has 0 aliphatic carbocycles. The number of amides is 2. The van der Waals surface area contributed by atoms with Gasteiger partial charge in [-0.25, -0.2) is 6.08 Å². The number of nitro groups is 2. The molecule has 4 aromatic carbocycles. The molecule has 0 unspecified atom stereocenters. The monoisotopic (exact) mass is 726 g/mol. The molecule has 5 N–H and O–H groups in total. The smallest absolute Gasteiger partial charge is 0.279 e. The van der Waals surface area contributed by atoms with Crippen LogP contribution in [0.5, 0.6) is 11.5 Å². The minimum atomic E-state index is -0.722. The van der Waals surface area contributed by atoms with Gasteiger partial charge >= 0.3 is 0 Å². The fraction of sp³-hybridized carbons (Fsp3) is 0.0625. The second kappa shape index (κ2) is 19.1. The van der Waals surface area contributed by atoms with Crippen molar-refractivity contribution in [3.63, 3.8) is 0 Å². The number of aromatic hydroxyl groups is 2. The molecule has 17 nitrogen and oxygen atoms in total. The number of aliphatic hydroxyl groups excluding tert-OH is 1. The predicted octanol–water partition coefficient (Wildman–Crippen LogP) is 7.54. The molecule has 0 saturated heterocycles. The summed E-state index contributed by atoms with van der Waals surface area (Å²) in [5.74, 6) is -2.31. The molecule has 0 heterocycles. The van der Waals surface area contributed by atoms with Crippen LogP contribution < -0.4 is 10.6 Å². The first-order chi connectivity index (χ1) is 23.4. The standard InChI is InChI=1S/C16H14N4O5.C16H13N4O4.Co/c1-10(21)15(16(23)17-11-5-3-2-4-6-11)19-18-13-9-12(20(24)25)7-8-14(13)22;1-2-13(16(22)17-11-6-4-3-5-7-11)18-19-14-10-12(20(23)24)8-9-15(14)21;/h2-9,21-22H,1H3,(H,17,23);3-10,21H,1H3,(H,17,22);/q;-1;/b15-10-,19-18?;;. The van der Waals surface area contributed by atoms with E-state index in [0.29, 0.717) is 11.4 Å². The van der Waals surface area contributed by atoms with E-state index in [2.05, 4.69) is 37.2 Å². The second-order valence-electron chi connectivity index (χ2n) is 9.43. The van der Waals surface area contributed by atoms with E-state index in [0.717, 1.165) is 36.4 Å². The summed E-state index contributed by atoms with van der Waals surface area (Å²) in [6.45, 7) is 2.72. The molecule has 0 saturated carbocycles. The first-order valence-electron chi connectivity index (χ1n) is 13.8. The number of azo groups is 2. The quantitative estimate of drug-likeness (QED) is 0.0270. The van der Waals surface area contributed by atoms with Crippen LogP contribution in [-0.2, 0) is 26.4 Å². The van der Waals surface area contributed by atoms with Crippen molar-refractivity contribution in [2.75, 3.05) is 10.6 Å². The van der Waals surface area contributed by atoms with Crippen LogP contribution in [0.4, 0.5) is 34.1 Å². The van der Waals surface area contributed by atoms with Gasteiger partial charge in [0.1, 0.15) is 34.5 Å². The van der Waals surface area contributed by atoms with Crippen LogP contribution >= 0.6 is 0 Å². The maximum Gasteiger partial charge on any atom is 0.279 e. The number of allylic oxidation sites excluding steroid dienone is 2. The Morgan fingerprint density at radius 2 is 1.12 bits per heavy atom. The molecule has 18 heteroatoms. The maximum absolute atomic E-state index is 12.2. The Bertz CT molecular complexity index is 1970. The molecule has 2 amide bonds. The van der Waals surface area contributed by atoms with Crippen molar-refractivity contribution >= 4 is 45.9 Å². The zero-order valence-corrected chi connectivity index (χ0v) is 27.1. The van der Waals surface area contributed by atoms with Crippen molar-refractivity contribution in [1.29, 1.82) is 0 Å². The second-order valence-corrected chi connectivity index (χ2v) is 9.43. The maximum atomic E-state index is 12.2. The SMILES string of the molecule is C/C(O)=C(/N=Nc1cc([N+](=O)[O-])ccc1O)C(=O)Nc1ccccc1.C[C-]=C(N=Nc1cc([N+](=O)[O-])ccc1O)C(=O)Nc1ccccc1.[Co]. The third-order valence-electron chi connectivity index (χ3n) is 5.93. The van der Waals surface area contributed by atoms with E-state index in [4.69, 9.17) is 0 Å². The minimum Gasteiger partial charge on any atom is -0.510 e. The normalized spacial score (nSPS) is 11.4. The van der Waals surface area contributed by atoms with E-state index in [1.165, 1.54) is 13.8 Å². The summed E-state index contributed by atoms with van der Waals surface area (Å²) >= 11 is 0. The van der Waals surface area contributed by atoms with Crippen LogP contribution in [0, 0.1) is 26.3 Å². The average molecular weight is 727 g/mol. The number of aliphatic hydroxyl groups is 1. The van der Waals surface area contributed by atoms with Crippen LogP contribution in [0.25, 0.3) is 0 Å². The van der Waals surface area contributed by atoms with Gasteiger partial charge in [0.2, 0.25) is 0 Å². The molecule has 0 atom stereocenters. The van der Waals surface area contributed by atoms with Gasteiger partial charge < -0.3 is 30.7 Å². The van der Waals surface area contributed by atoms with Gasteiger partial charge in [-0.2, -0.15) is 5.11 Å². The molecule has 0 fully saturated rings. The number of nitrogens with one attached hydrogen (secondary N) is 2. The third-order valence-corrected chi connectivity index (χ3v) is 5.93. The number of carbonyl (C=O) groups is 2. The van der Waals surface area contributed by atoms with Crippen molar-refractivity contribution in [2.24, 2.45) is 20.5 Å². The van der Waals surface area contributed by atoms with E-state index in [-0.39, 0.29) is 56.7 Å². The molecule has 0 spiro atoms. The molecule has 4 aromatic rings. The number of hydrogen-bond donors (Lipinski definition) is 5. The molecular weight excluding hydrogens is 699 g/mol. The zero-order valence-electron chi connectivity index (χ0n) is 26.0. The van der Waals surface area contributed by atoms with Crippen molar-refractivity contribution in [1.82, 2.24) is 0 Å². The van der Waals surface area contributed by atoms with E-state index >= 15 is 0 Å². The Morgan fingerprint density at radius 1 is 0.700 bits per heavy atom. The summed E-state index contributed by atoms with van der Waals surface area (Å²) in [7, 11) is 0. The van der Waals surface area contributed by atoms with Crippen molar-refractivity contribution < 1.29 is 51.5 Å². The predicted molar refractivity (Wildman–Crippen MR) is 176 cm³/mol. The molecular formula is C32H27CoN8O9-. The first kappa shape index (κ1) is 39.4. The largest absolute Gasteiger partial charge is 0.510 e. The van der Waals surface area contributed by atoms with Crippen LogP contribution in [0.2, 0.25) is 0 Å². The minimum absolute atomic E-state index is 0. The summed E-state index contributed by atoms with van der Waals surface area (Å²) in [6.07, 6.45) is 2.58. The van der Waals surface area contributed by atoms with Gasteiger partial charge in [0, 0.05) is 52.4 Å². The van der Waals surface area contributed by atoms with Gasteiger partial charge in [-0.3, -0.25) is 25.0 Å². The van der Waals surface area contributed by atoms with Gasteiger partial charge in [-0.05, 0) is 49.0 Å². The van der Waals surface area contributed by atoms with Crippen molar-refractivity contribution in [2.45, 2.75) is 13.8 Å². The Morgan fingerprint density at radius 3 is 1.52 bits per heavy atom. The Kier molecular flexibility index (Phi) is 15.1. The molecule has 0 aliphatic rings. The van der Waals surface area contributed by atoms with Crippen LogP contribution in [0.1, 0.15) is 13.8 Å². The summed E-state index contributed by atoms with van der Waals surface area (Å²) in [6, 6.07) is 23.7. The van der Waals surface area contributed by atoms with Gasteiger partial charge in [0.25, 0.3) is 17.3 Å². The molecule has 259 valence electrons. The molecule has 0 bridgehead atoms. The van der Waals surface area contributed by atoms with Gasteiger partial charge in [-0.15, -0.1) is 22.3 Å². The summed E-state index contributed by atoms with van der Waals surface area (Å²) in [5.41, 5.74) is -0.332.